The lowest BCUT2D eigenvalue weighted by atomic mass is 10.1. The largest absolute Gasteiger partial charge is 0.312 e. The van der Waals surface area contributed by atoms with Gasteiger partial charge in [0.15, 0.2) is 0 Å². The molecule has 1 aromatic carbocycles. The fraction of sp³-hybridized carbons (Fsp3) is 0.625. The number of rotatable bonds is 6. The normalized spacial score (nSPS) is 18.1. The summed E-state index contributed by atoms with van der Waals surface area (Å²) in [5.41, 5.74) is 2.81. The maximum atomic E-state index is 3.59. The zero-order valence-corrected chi connectivity index (χ0v) is 11.8. The average Bonchev–Trinajstić information content (AvgIpc) is 2.84. The van der Waals surface area contributed by atoms with Crippen LogP contribution in [0.1, 0.15) is 30.9 Å². The molecule has 0 radical (unpaired) electrons. The molecule has 1 saturated heterocycles. The van der Waals surface area contributed by atoms with E-state index in [-0.39, 0.29) is 0 Å². The number of hydrogen-bond donors (Lipinski definition) is 1. The molecule has 0 aromatic heterocycles. The first-order valence-electron chi connectivity index (χ1n) is 7.23. The minimum atomic E-state index is 0.743. The summed E-state index contributed by atoms with van der Waals surface area (Å²) >= 11 is 0. The number of hydrogen-bond acceptors (Lipinski definition) is 2. The van der Waals surface area contributed by atoms with Crippen LogP contribution in [-0.4, -0.2) is 31.1 Å². The monoisotopic (exact) mass is 246 g/mol. The highest BCUT2D eigenvalue weighted by molar-refractivity contribution is 5.25. The van der Waals surface area contributed by atoms with Crippen molar-refractivity contribution >= 4 is 0 Å². The van der Waals surface area contributed by atoms with Crippen molar-refractivity contribution in [1.29, 1.82) is 0 Å². The first-order valence-corrected chi connectivity index (χ1v) is 7.23. The number of nitrogens with one attached hydrogen (secondary N) is 1. The van der Waals surface area contributed by atoms with Gasteiger partial charge in [0.05, 0.1) is 0 Å². The summed E-state index contributed by atoms with van der Waals surface area (Å²) in [6.07, 6.45) is 2.78. The summed E-state index contributed by atoms with van der Waals surface area (Å²) in [6.45, 7) is 10.5. The lowest BCUT2D eigenvalue weighted by molar-refractivity contribution is 0.282. The summed E-state index contributed by atoms with van der Waals surface area (Å²) in [5, 5.41) is 3.59. The molecule has 100 valence electrons. The van der Waals surface area contributed by atoms with Crippen molar-refractivity contribution in [2.45, 2.75) is 33.2 Å². The molecule has 1 fully saturated rings. The lowest BCUT2D eigenvalue weighted by Gasteiger charge is -2.20. The van der Waals surface area contributed by atoms with Gasteiger partial charge in [0.2, 0.25) is 0 Å². The minimum absolute atomic E-state index is 0.743. The number of aryl methyl sites for hydroxylation is 1. The Kier molecular flexibility index (Phi) is 5.21. The van der Waals surface area contributed by atoms with E-state index in [4.69, 9.17) is 0 Å². The van der Waals surface area contributed by atoms with Gasteiger partial charge in [-0.1, -0.05) is 31.2 Å². The molecule has 0 saturated carbocycles. The highest BCUT2D eigenvalue weighted by Gasteiger charge is 2.14. The zero-order chi connectivity index (χ0) is 12.8. The van der Waals surface area contributed by atoms with Crippen LogP contribution in [0.15, 0.2) is 24.3 Å². The van der Waals surface area contributed by atoms with Gasteiger partial charge in [-0.15, -0.1) is 0 Å². The van der Waals surface area contributed by atoms with E-state index in [2.05, 4.69) is 48.3 Å². The maximum Gasteiger partial charge on any atom is 0.0208 e. The Bertz CT molecular complexity index is 356. The van der Waals surface area contributed by atoms with Gasteiger partial charge in [-0.05, 0) is 56.4 Å². The van der Waals surface area contributed by atoms with Crippen LogP contribution in [0.2, 0.25) is 0 Å². The summed E-state index contributed by atoms with van der Waals surface area (Å²) in [4.78, 5) is 2.60. The third kappa shape index (κ3) is 4.11. The second-order valence-corrected chi connectivity index (χ2v) is 5.67. The Morgan fingerprint density at radius 2 is 1.94 bits per heavy atom. The summed E-state index contributed by atoms with van der Waals surface area (Å²) in [5.74, 6) is 0.743. The van der Waals surface area contributed by atoms with Crippen LogP contribution in [0, 0.1) is 12.8 Å². The fourth-order valence-corrected chi connectivity index (χ4v) is 2.73. The molecule has 0 bridgehead atoms. The van der Waals surface area contributed by atoms with Crippen molar-refractivity contribution in [3.8, 4) is 0 Å². The molecule has 1 aliphatic heterocycles. The molecule has 0 spiro atoms. The standard InChI is InChI=1S/C16H26N2/c1-14(13-18-9-5-6-10-18)11-17-12-16-8-4-3-7-15(16)2/h3-4,7-8,14,17H,5-6,9-13H2,1-2H3. The van der Waals surface area contributed by atoms with Crippen LogP contribution >= 0.6 is 0 Å². The topological polar surface area (TPSA) is 15.3 Å². The smallest absolute Gasteiger partial charge is 0.0208 e. The number of nitrogens with zero attached hydrogens (tertiary/aromatic N) is 1. The van der Waals surface area contributed by atoms with Gasteiger partial charge in [0, 0.05) is 13.1 Å². The highest BCUT2D eigenvalue weighted by atomic mass is 15.1. The number of likely N-dealkylation sites (tertiary alicyclic amines) is 1. The molecular weight excluding hydrogens is 220 g/mol. The van der Waals surface area contributed by atoms with Crippen molar-refractivity contribution in [1.82, 2.24) is 10.2 Å². The molecule has 1 aromatic rings. The predicted molar refractivity (Wildman–Crippen MR) is 77.7 cm³/mol. The molecule has 1 unspecified atom stereocenters. The van der Waals surface area contributed by atoms with E-state index in [0.29, 0.717) is 0 Å². The maximum absolute atomic E-state index is 3.59. The predicted octanol–water partition coefficient (Wildman–Crippen LogP) is 2.82. The first kappa shape index (κ1) is 13.6. The van der Waals surface area contributed by atoms with Gasteiger partial charge in [-0.2, -0.15) is 0 Å². The Labute approximate surface area is 111 Å². The van der Waals surface area contributed by atoms with Crippen molar-refractivity contribution in [2.24, 2.45) is 5.92 Å². The van der Waals surface area contributed by atoms with Crippen LogP contribution in [0.4, 0.5) is 0 Å². The van der Waals surface area contributed by atoms with Gasteiger partial charge in [-0.3, -0.25) is 0 Å². The van der Waals surface area contributed by atoms with E-state index in [1.54, 1.807) is 0 Å². The Hall–Kier alpha value is -0.860. The van der Waals surface area contributed by atoms with E-state index in [0.717, 1.165) is 19.0 Å². The Morgan fingerprint density at radius 1 is 1.22 bits per heavy atom. The van der Waals surface area contributed by atoms with Crippen molar-refractivity contribution in [2.75, 3.05) is 26.2 Å². The zero-order valence-electron chi connectivity index (χ0n) is 11.8. The van der Waals surface area contributed by atoms with Gasteiger partial charge in [0.1, 0.15) is 0 Å². The van der Waals surface area contributed by atoms with Crippen LogP contribution in [0.3, 0.4) is 0 Å². The lowest BCUT2D eigenvalue weighted by Crippen LogP contribution is -2.31. The van der Waals surface area contributed by atoms with E-state index in [1.165, 1.54) is 43.6 Å². The Morgan fingerprint density at radius 3 is 2.67 bits per heavy atom. The van der Waals surface area contributed by atoms with Crippen LogP contribution in [0.25, 0.3) is 0 Å². The quantitative estimate of drug-likeness (QED) is 0.830. The van der Waals surface area contributed by atoms with Crippen LogP contribution in [0.5, 0.6) is 0 Å². The fourth-order valence-electron chi connectivity index (χ4n) is 2.73. The molecule has 2 rings (SSSR count). The van der Waals surface area contributed by atoms with E-state index >= 15 is 0 Å². The van der Waals surface area contributed by atoms with E-state index in [9.17, 15) is 0 Å². The highest BCUT2D eigenvalue weighted by Crippen LogP contribution is 2.10. The third-order valence-corrected chi connectivity index (χ3v) is 3.84. The molecule has 1 N–H and O–H groups in total. The van der Waals surface area contributed by atoms with E-state index in [1.807, 2.05) is 0 Å². The second-order valence-electron chi connectivity index (χ2n) is 5.67. The van der Waals surface area contributed by atoms with Crippen LogP contribution in [-0.2, 0) is 6.54 Å². The minimum Gasteiger partial charge on any atom is -0.312 e. The van der Waals surface area contributed by atoms with Crippen molar-refractivity contribution in [3.63, 3.8) is 0 Å². The van der Waals surface area contributed by atoms with Gasteiger partial charge < -0.3 is 10.2 Å². The number of benzene rings is 1. The first-order chi connectivity index (χ1) is 8.75. The molecule has 18 heavy (non-hydrogen) atoms. The molecule has 1 heterocycles. The molecule has 2 heteroatoms. The van der Waals surface area contributed by atoms with Crippen molar-refractivity contribution < 1.29 is 0 Å². The summed E-state index contributed by atoms with van der Waals surface area (Å²) in [7, 11) is 0. The molecule has 0 amide bonds. The van der Waals surface area contributed by atoms with E-state index < -0.39 is 0 Å². The molecular formula is C16H26N2. The summed E-state index contributed by atoms with van der Waals surface area (Å²) in [6, 6.07) is 8.63. The second kappa shape index (κ2) is 6.91. The Balaban J connectivity index is 1.67. The third-order valence-electron chi connectivity index (χ3n) is 3.84. The van der Waals surface area contributed by atoms with Crippen molar-refractivity contribution in [3.05, 3.63) is 35.4 Å². The average molecular weight is 246 g/mol. The van der Waals surface area contributed by atoms with Crippen LogP contribution < -0.4 is 5.32 Å². The van der Waals surface area contributed by atoms with Gasteiger partial charge >= 0.3 is 0 Å². The van der Waals surface area contributed by atoms with Gasteiger partial charge in [0.25, 0.3) is 0 Å². The molecule has 0 aliphatic carbocycles. The molecule has 1 atom stereocenters. The summed E-state index contributed by atoms with van der Waals surface area (Å²) < 4.78 is 0. The molecule has 1 aliphatic rings. The molecule has 2 nitrogen and oxygen atoms in total. The van der Waals surface area contributed by atoms with Gasteiger partial charge in [-0.25, -0.2) is 0 Å². The SMILES string of the molecule is Cc1ccccc1CNCC(C)CN1CCCC1.